The standard InChI is InChI=1S/C16H19N3OS/c1-3-19(10-11(2)15(17)21)16(20)13-8-4-6-12-7-5-9-18-14(12)13/h4-9,11H,3,10H2,1-2H3,(H2,17,21). The molecule has 0 aliphatic heterocycles. The van der Waals surface area contributed by atoms with E-state index >= 15 is 0 Å². The summed E-state index contributed by atoms with van der Waals surface area (Å²) in [7, 11) is 0. The highest BCUT2D eigenvalue weighted by molar-refractivity contribution is 7.80. The monoisotopic (exact) mass is 301 g/mol. The number of benzene rings is 1. The second-order valence-electron chi connectivity index (χ2n) is 5.03. The zero-order valence-electron chi connectivity index (χ0n) is 12.2. The molecule has 21 heavy (non-hydrogen) atoms. The Bertz CT molecular complexity index is 666. The summed E-state index contributed by atoms with van der Waals surface area (Å²) in [5.74, 6) is -0.0447. The van der Waals surface area contributed by atoms with Crippen LogP contribution in [0.2, 0.25) is 0 Å². The van der Waals surface area contributed by atoms with Crippen LogP contribution in [0.5, 0.6) is 0 Å². The normalized spacial score (nSPS) is 12.1. The van der Waals surface area contributed by atoms with Crippen LogP contribution < -0.4 is 5.73 Å². The first-order chi connectivity index (χ1) is 10.0. The lowest BCUT2D eigenvalue weighted by Gasteiger charge is -2.24. The van der Waals surface area contributed by atoms with Crippen molar-refractivity contribution in [3.63, 3.8) is 0 Å². The molecule has 0 saturated carbocycles. The van der Waals surface area contributed by atoms with Crippen molar-refractivity contribution in [2.45, 2.75) is 13.8 Å². The molecule has 0 spiro atoms. The van der Waals surface area contributed by atoms with Gasteiger partial charge in [0.05, 0.1) is 16.1 Å². The maximum atomic E-state index is 12.7. The fraction of sp³-hybridized carbons (Fsp3) is 0.312. The lowest BCUT2D eigenvalue weighted by atomic mass is 10.1. The zero-order valence-corrected chi connectivity index (χ0v) is 13.1. The number of hydrogen-bond acceptors (Lipinski definition) is 3. The number of carbonyl (C=O) groups is 1. The molecule has 1 unspecified atom stereocenters. The fourth-order valence-electron chi connectivity index (χ4n) is 2.22. The number of rotatable bonds is 5. The number of para-hydroxylation sites is 1. The number of nitrogens with two attached hydrogens (primary N) is 1. The van der Waals surface area contributed by atoms with Gasteiger partial charge in [-0.05, 0) is 19.1 Å². The molecule has 110 valence electrons. The molecular formula is C16H19N3OS. The third kappa shape index (κ3) is 3.36. The lowest BCUT2D eigenvalue weighted by Crippen LogP contribution is -2.38. The second-order valence-corrected chi connectivity index (χ2v) is 5.50. The number of nitrogens with zero attached hydrogens (tertiary/aromatic N) is 2. The molecule has 1 heterocycles. The highest BCUT2D eigenvalue weighted by atomic mass is 32.1. The lowest BCUT2D eigenvalue weighted by molar-refractivity contribution is 0.0756. The smallest absolute Gasteiger partial charge is 0.256 e. The van der Waals surface area contributed by atoms with Crippen LogP contribution in [0, 0.1) is 5.92 Å². The van der Waals surface area contributed by atoms with Gasteiger partial charge in [0.15, 0.2) is 0 Å². The molecule has 0 aliphatic rings. The van der Waals surface area contributed by atoms with Crippen molar-refractivity contribution < 1.29 is 4.79 Å². The summed E-state index contributed by atoms with van der Waals surface area (Å²) in [6.07, 6.45) is 1.70. The Balaban J connectivity index is 2.34. The van der Waals surface area contributed by atoms with Gasteiger partial charge in [-0.15, -0.1) is 0 Å². The van der Waals surface area contributed by atoms with Gasteiger partial charge in [-0.3, -0.25) is 9.78 Å². The molecule has 0 fully saturated rings. The van der Waals surface area contributed by atoms with Crippen LogP contribution >= 0.6 is 12.2 Å². The average Bonchev–Trinajstić information content (AvgIpc) is 2.51. The van der Waals surface area contributed by atoms with E-state index < -0.39 is 0 Å². The first kappa shape index (κ1) is 15.4. The number of thiocarbonyl (C=S) groups is 1. The molecule has 0 saturated heterocycles. The number of amides is 1. The predicted molar refractivity (Wildman–Crippen MR) is 89.3 cm³/mol. The van der Waals surface area contributed by atoms with Gasteiger partial charge >= 0.3 is 0 Å². The molecule has 2 N–H and O–H groups in total. The number of hydrogen-bond donors (Lipinski definition) is 1. The van der Waals surface area contributed by atoms with Gasteiger partial charge in [-0.1, -0.05) is 37.3 Å². The van der Waals surface area contributed by atoms with E-state index in [0.29, 0.717) is 23.6 Å². The predicted octanol–water partition coefficient (Wildman–Crippen LogP) is 2.62. The molecule has 0 bridgehead atoms. The first-order valence-corrected chi connectivity index (χ1v) is 7.37. The molecular weight excluding hydrogens is 282 g/mol. The van der Waals surface area contributed by atoms with Crippen molar-refractivity contribution in [2.75, 3.05) is 13.1 Å². The van der Waals surface area contributed by atoms with Gasteiger partial charge in [0, 0.05) is 30.6 Å². The molecule has 1 atom stereocenters. The largest absolute Gasteiger partial charge is 0.393 e. The van der Waals surface area contributed by atoms with Gasteiger partial charge in [0.25, 0.3) is 5.91 Å². The van der Waals surface area contributed by atoms with E-state index in [-0.39, 0.29) is 11.8 Å². The molecule has 0 aliphatic carbocycles. The van der Waals surface area contributed by atoms with E-state index in [2.05, 4.69) is 4.98 Å². The minimum absolute atomic E-state index is 0.00756. The Morgan fingerprint density at radius 3 is 2.76 bits per heavy atom. The topological polar surface area (TPSA) is 59.2 Å². The van der Waals surface area contributed by atoms with E-state index in [0.717, 1.165) is 10.9 Å². The van der Waals surface area contributed by atoms with Crippen LogP contribution in [-0.4, -0.2) is 33.9 Å². The fourth-order valence-corrected chi connectivity index (χ4v) is 2.30. The highest BCUT2D eigenvalue weighted by Crippen LogP contribution is 2.18. The summed E-state index contributed by atoms with van der Waals surface area (Å²) < 4.78 is 0. The Labute approximate surface area is 130 Å². The molecule has 2 aromatic rings. The van der Waals surface area contributed by atoms with Gasteiger partial charge < -0.3 is 10.6 Å². The first-order valence-electron chi connectivity index (χ1n) is 6.97. The summed E-state index contributed by atoms with van der Waals surface area (Å²) >= 11 is 4.99. The van der Waals surface area contributed by atoms with Gasteiger partial charge in [-0.25, -0.2) is 0 Å². The Morgan fingerprint density at radius 2 is 2.10 bits per heavy atom. The van der Waals surface area contributed by atoms with Crippen molar-refractivity contribution in [1.29, 1.82) is 0 Å². The van der Waals surface area contributed by atoms with Crippen molar-refractivity contribution in [3.05, 3.63) is 42.1 Å². The van der Waals surface area contributed by atoms with Crippen LogP contribution in [0.15, 0.2) is 36.5 Å². The minimum atomic E-state index is -0.0371. The van der Waals surface area contributed by atoms with E-state index in [1.54, 1.807) is 11.1 Å². The van der Waals surface area contributed by atoms with Crippen LogP contribution in [-0.2, 0) is 0 Å². The number of pyridine rings is 1. The summed E-state index contributed by atoms with van der Waals surface area (Å²) in [5.41, 5.74) is 6.99. The minimum Gasteiger partial charge on any atom is -0.393 e. The van der Waals surface area contributed by atoms with Crippen molar-refractivity contribution in [2.24, 2.45) is 11.7 Å². The van der Waals surface area contributed by atoms with Crippen molar-refractivity contribution in [3.8, 4) is 0 Å². The van der Waals surface area contributed by atoms with Gasteiger partial charge in [0.1, 0.15) is 0 Å². The summed E-state index contributed by atoms with van der Waals surface area (Å²) in [6, 6.07) is 9.46. The maximum Gasteiger partial charge on any atom is 0.256 e. The van der Waals surface area contributed by atoms with Crippen molar-refractivity contribution in [1.82, 2.24) is 9.88 Å². The molecule has 0 radical (unpaired) electrons. The van der Waals surface area contributed by atoms with Crippen LogP contribution in [0.1, 0.15) is 24.2 Å². The molecule has 1 aromatic carbocycles. The Kier molecular flexibility index (Phi) is 4.85. The molecule has 2 rings (SSSR count). The van der Waals surface area contributed by atoms with E-state index in [1.807, 2.05) is 44.2 Å². The molecule has 1 aromatic heterocycles. The third-order valence-electron chi connectivity index (χ3n) is 3.51. The summed E-state index contributed by atoms with van der Waals surface area (Å²) in [4.78, 5) is 19.3. The Morgan fingerprint density at radius 1 is 1.38 bits per heavy atom. The van der Waals surface area contributed by atoms with Crippen molar-refractivity contribution >= 4 is 34.0 Å². The Hall–Kier alpha value is -2.01. The SMILES string of the molecule is CCN(CC(C)C(N)=S)C(=O)c1cccc2cccnc12. The molecule has 1 amide bonds. The number of fused-ring (bicyclic) bond motifs is 1. The third-order valence-corrected chi connectivity index (χ3v) is 3.91. The molecule has 5 heteroatoms. The van der Waals surface area contributed by atoms with E-state index in [1.165, 1.54) is 0 Å². The van der Waals surface area contributed by atoms with Crippen LogP contribution in [0.3, 0.4) is 0 Å². The van der Waals surface area contributed by atoms with Gasteiger partial charge in [0.2, 0.25) is 0 Å². The van der Waals surface area contributed by atoms with Crippen LogP contribution in [0.4, 0.5) is 0 Å². The second kappa shape index (κ2) is 6.63. The maximum absolute atomic E-state index is 12.7. The summed E-state index contributed by atoms with van der Waals surface area (Å²) in [5, 5.41) is 0.960. The average molecular weight is 301 g/mol. The quantitative estimate of drug-likeness (QED) is 0.863. The highest BCUT2D eigenvalue weighted by Gasteiger charge is 2.20. The number of aromatic nitrogens is 1. The summed E-state index contributed by atoms with van der Waals surface area (Å²) in [6.45, 7) is 5.01. The van der Waals surface area contributed by atoms with E-state index in [4.69, 9.17) is 18.0 Å². The molecule has 4 nitrogen and oxygen atoms in total. The zero-order chi connectivity index (χ0) is 15.4. The van der Waals surface area contributed by atoms with Crippen LogP contribution in [0.25, 0.3) is 10.9 Å². The number of carbonyl (C=O) groups excluding carboxylic acids is 1. The van der Waals surface area contributed by atoms with Gasteiger partial charge in [-0.2, -0.15) is 0 Å². The van der Waals surface area contributed by atoms with E-state index in [9.17, 15) is 4.79 Å².